The SMILES string of the molecule is C[NH2+]CCCOc1ccc2ccccc2c1Br. The number of ether oxygens (including phenoxy) is 1. The van der Waals surface area contributed by atoms with Gasteiger partial charge >= 0.3 is 0 Å². The largest absolute Gasteiger partial charge is 0.492 e. The summed E-state index contributed by atoms with van der Waals surface area (Å²) in [6, 6.07) is 12.4. The standard InChI is InChI=1S/C14H16BrNO/c1-16-9-4-10-17-13-8-7-11-5-2-3-6-12(11)14(13)15/h2-3,5-8,16H,4,9-10H2,1H3/p+1. The van der Waals surface area contributed by atoms with Gasteiger partial charge in [-0.15, -0.1) is 0 Å². The first-order chi connectivity index (χ1) is 8.33. The van der Waals surface area contributed by atoms with Crippen molar-refractivity contribution < 1.29 is 10.1 Å². The van der Waals surface area contributed by atoms with Crippen LogP contribution in [0.3, 0.4) is 0 Å². The molecule has 0 heterocycles. The maximum absolute atomic E-state index is 5.78. The van der Waals surface area contributed by atoms with Crippen LogP contribution in [-0.2, 0) is 0 Å². The Morgan fingerprint density at radius 3 is 2.82 bits per heavy atom. The molecule has 0 aliphatic rings. The molecule has 0 aliphatic heterocycles. The number of nitrogens with two attached hydrogens (primary N) is 1. The summed E-state index contributed by atoms with van der Waals surface area (Å²) in [6.45, 7) is 1.87. The molecule has 2 aromatic rings. The summed E-state index contributed by atoms with van der Waals surface area (Å²) >= 11 is 3.62. The molecule has 0 radical (unpaired) electrons. The van der Waals surface area contributed by atoms with Crippen molar-refractivity contribution in [3.63, 3.8) is 0 Å². The summed E-state index contributed by atoms with van der Waals surface area (Å²) in [5, 5.41) is 4.60. The number of hydrogen-bond acceptors (Lipinski definition) is 1. The van der Waals surface area contributed by atoms with E-state index in [2.05, 4.69) is 46.5 Å². The molecule has 3 heteroatoms. The first-order valence-corrected chi connectivity index (χ1v) is 6.70. The lowest BCUT2D eigenvalue weighted by atomic mass is 10.1. The molecule has 17 heavy (non-hydrogen) atoms. The Balaban J connectivity index is 2.15. The monoisotopic (exact) mass is 294 g/mol. The van der Waals surface area contributed by atoms with E-state index in [4.69, 9.17) is 4.74 Å². The highest BCUT2D eigenvalue weighted by Crippen LogP contribution is 2.32. The van der Waals surface area contributed by atoms with Crippen LogP contribution in [0, 0.1) is 0 Å². The highest BCUT2D eigenvalue weighted by Gasteiger charge is 2.05. The fourth-order valence-corrected chi connectivity index (χ4v) is 2.40. The second kappa shape index (κ2) is 6.03. The quantitative estimate of drug-likeness (QED) is 0.843. The van der Waals surface area contributed by atoms with Gasteiger partial charge in [-0.25, -0.2) is 0 Å². The minimum absolute atomic E-state index is 0.765. The van der Waals surface area contributed by atoms with Crippen molar-refractivity contribution >= 4 is 26.7 Å². The molecule has 0 bridgehead atoms. The van der Waals surface area contributed by atoms with Crippen molar-refractivity contribution in [3.05, 3.63) is 40.9 Å². The van der Waals surface area contributed by atoms with E-state index in [0.29, 0.717) is 0 Å². The van der Waals surface area contributed by atoms with Crippen molar-refractivity contribution in [2.24, 2.45) is 0 Å². The van der Waals surface area contributed by atoms with E-state index in [1.54, 1.807) is 0 Å². The van der Waals surface area contributed by atoms with Crippen LogP contribution in [0.15, 0.2) is 40.9 Å². The predicted molar refractivity (Wildman–Crippen MR) is 74.5 cm³/mol. The van der Waals surface area contributed by atoms with Crippen molar-refractivity contribution in [1.82, 2.24) is 0 Å². The molecular formula is C14H17BrNO+. The Morgan fingerprint density at radius 2 is 2.00 bits per heavy atom. The highest BCUT2D eigenvalue weighted by atomic mass is 79.9. The summed E-state index contributed by atoms with van der Waals surface area (Å²) in [6.07, 6.45) is 1.07. The van der Waals surface area contributed by atoms with Gasteiger partial charge in [0.05, 0.1) is 24.7 Å². The van der Waals surface area contributed by atoms with Crippen molar-refractivity contribution in [1.29, 1.82) is 0 Å². The van der Waals surface area contributed by atoms with Gasteiger partial charge in [-0.3, -0.25) is 0 Å². The molecule has 0 spiro atoms. The summed E-state index contributed by atoms with van der Waals surface area (Å²) in [7, 11) is 2.08. The van der Waals surface area contributed by atoms with Gasteiger partial charge < -0.3 is 10.1 Å². The number of benzene rings is 2. The molecule has 0 unspecified atom stereocenters. The van der Waals surface area contributed by atoms with Crippen molar-refractivity contribution in [3.8, 4) is 5.75 Å². The minimum atomic E-state index is 0.765. The first-order valence-electron chi connectivity index (χ1n) is 5.91. The molecule has 0 saturated heterocycles. The summed E-state index contributed by atoms with van der Waals surface area (Å²) in [5.74, 6) is 0.930. The molecule has 0 amide bonds. The van der Waals surface area contributed by atoms with Crippen LogP contribution in [0.25, 0.3) is 10.8 Å². The van der Waals surface area contributed by atoms with Gasteiger partial charge in [0.1, 0.15) is 5.75 Å². The van der Waals surface area contributed by atoms with Crippen LogP contribution in [0.1, 0.15) is 6.42 Å². The van der Waals surface area contributed by atoms with Gasteiger partial charge in [-0.2, -0.15) is 0 Å². The van der Waals surface area contributed by atoms with E-state index < -0.39 is 0 Å². The normalized spacial score (nSPS) is 10.7. The minimum Gasteiger partial charge on any atom is -0.492 e. The van der Waals surface area contributed by atoms with Gasteiger partial charge in [0.2, 0.25) is 0 Å². The molecule has 2 rings (SSSR count). The molecule has 0 fully saturated rings. The van der Waals surface area contributed by atoms with E-state index in [9.17, 15) is 0 Å². The average molecular weight is 295 g/mol. The fraction of sp³-hybridized carbons (Fsp3) is 0.286. The van der Waals surface area contributed by atoms with Gasteiger partial charge in [-0.1, -0.05) is 30.3 Å². The van der Waals surface area contributed by atoms with Gasteiger partial charge in [-0.05, 0) is 32.8 Å². The third-order valence-electron chi connectivity index (χ3n) is 2.72. The van der Waals surface area contributed by atoms with Gasteiger partial charge in [0.25, 0.3) is 0 Å². The maximum atomic E-state index is 5.78. The Kier molecular flexibility index (Phi) is 4.40. The zero-order chi connectivity index (χ0) is 12.1. The third kappa shape index (κ3) is 2.99. The molecule has 0 aliphatic carbocycles. The first kappa shape index (κ1) is 12.4. The summed E-state index contributed by atoms with van der Waals surface area (Å²) < 4.78 is 6.83. The molecule has 0 saturated carbocycles. The number of fused-ring (bicyclic) bond motifs is 1. The molecule has 2 aromatic carbocycles. The summed E-state index contributed by atoms with van der Waals surface area (Å²) in [5.41, 5.74) is 0. The second-order valence-electron chi connectivity index (χ2n) is 4.00. The van der Waals surface area contributed by atoms with Crippen LogP contribution in [0.2, 0.25) is 0 Å². The fourth-order valence-electron chi connectivity index (χ4n) is 1.79. The topological polar surface area (TPSA) is 25.8 Å². The van der Waals surface area contributed by atoms with Crippen molar-refractivity contribution in [2.45, 2.75) is 6.42 Å². The van der Waals surface area contributed by atoms with E-state index in [1.165, 1.54) is 10.8 Å². The molecule has 0 atom stereocenters. The molecule has 2 N–H and O–H groups in total. The van der Waals surface area contributed by atoms with Gasteiger partial charge in [0, 0.05) is 6.42 Å². The molecule has 0 aromatic heterocycles. The van der Waals surface area contributed by atoms with E-state index in [0.717, 1.165) is 29.8 Å². The Bertz CT molecular complexity index is 499. The van der Waals surface area contributed by atoms with E-state index in [-0.39, 0.29) is 0 Å². The van der Waals surface area contributed by atoms with Crippen LogP contribution in [0.4, 0.5) is 0 Å². The van der Waals surface area contributed by atoms with Gasteiger partial charge in [0.15, 0.2) is 0 Å². The van der Waals surface area contributed by atoms with Crippen molar-refractivity contribution in [2.75, 3.05) is 20.2 Å². The van der Waals surface area contributed by atoms with Crippen LogP contribution < -0.4 is 10.1 Å². The lowest BCUT2D eigenvalue weighted by molar-refractivity contribution is -0.627. The number of hydrogen-bond donors (Lipinski definition) is 1. The summed E-state index contributed by atoms with van der Waals surface area (Å²) in [4.78, 5) is 0. The molecule has 2 nitrogen and oxygen atoms in total. The molecule has 90 valence electrons. The Labute approximate surface area is 110 Å². The Hall–Kier alpha value is -1.06. The number of rotatable bonds is 5. The lowest BCUT2D eigenvalue weighted by Gasteiger charge is -2.09. The zero-order valence-electron chi connectivity index (χ0n) is 9.95. The van der Waals surface area contributed by atoms with E-state index >= 15 is 0 Å². The van der Waals surface area contributed by atoms with Crippen LogP contribution in [0.5, 0.6) is 5.75 Å². The lowest BCUT2D eigenvalue weighted by Crippen LogP contribution is -2.79. The Morgan fingerprint density at radius 1 is 1.18 bits per heavy atom. The highest BCUT2D eigenvalue weighted by molar-refractivity contribution is 9.10. The second-order valence-corrected chi connectivity index (χ2v) is 4.79. The maximum Gasteiger partial charge on any atom is 0.134 e. The molecular weight excluding hydrogens is 278 g/mol. The third-order valence-corrected chi connectivity index (χ3v) is 3.54. The van der Waals surface area contributed by atoms with Crippen LogP contribution in [-0.4, -0.2) is 20.2 Å². The van der Waals surface area contributed by atoms with Crippen LogP contribution >= 0.6 is 15.9 Å². The number of quaternary nitrogens is 1. The average Bonchev–Trinajstić information content (AvgIpc) is 2.37. The predicted octanol–water partition coefficient (Wildman–Crippen LogP) is 2.56. The number of halogens is 1. The zero-order valence-corrected chi connectivity index (χ0v) is 11.5. The van der Waals surface area contributed by atoms with E-state index in [1.807, 2.05) is 18.2 Å². The smallest absolute Gasteiger partial charge is 0.134 e.